The van der Waals surface area contributed by atoms with Crippen LogP contribution in [0.25, 0.3) is 0 Å². The van der Waals surface area contributed by atoms with Gasteiger partial charge in [0.15, 0.2) is 15.6 Å². The molecule has 1 atom stereocenters. The molecule has 0 aliphatic rings. The standard InChI is InChI=1S/C23H21ClO3S/c1-16-7-11-18(12-8-16)22(25)15-23(20-5-3-4-6-21(20)24)28(26,27)19-13-9-17(2)10-14-19/h3-14,23H,15H2,1-2H3/t23-/m0/s1. The molecule has 0 N–H and O–H groups in total. The molecule has 3 aromatic carbocycles. The first-order chi connectivity index (χ1) is 13.3. The molecule has 0 fully saturated rings. The van der Waals surface area contributed by atoms with E-state index < -0.39 is 15.1 Å². The van der Waals surface area contributed by atoms with Crippen molar-refractivity contribution < 1.29 is 13.2 Å². The van der Waals surface area contributed by atoms with Crippen molar-refractivity contribution >= 4 is 27.2 Å². The number of carbonyl (C=O) groups is 1. The number of aryl methyl sites for hydroxylation is 2. The second-order valence-electron chi connectivity index (χ2n) is 6.86. The van der Waals surface area contributed by atoms with Crippen LogP contribution in [-0.4, -0.2) is 14.2 Å². The van der Waals surface area contributed by atoms with Crippen LogP contribution in [0.15, 0.2) is 77.7 Å². The van der Waals surface area contributed by atoms with Gasteiger partial charge in [0.1, 0.15) is 0 Å². The van der Waals surface area contributed by atoms with E-state index in [9.17, 15) is 13.2 Å². The van der Waals surface area contributed by atoms with Crippen LogP contribution in [-0.2, 0) is 9.84 Å². The molecule has 0 amide bonds. The van der Waals surface area contributed by atoms with Gasteiger partial charge in [-0.1, -0.05) is 77.3 Å². The topological polar surface area (TPSA) is 51.2 Å². The predicted molar refractivity (Wildman–Crippen MR) is 113 cm³/mol. The van der Waals surface area contributed by atoms with Gasteiger partial charge in [0.2, 0.25) is 0 Å². The number of Topliss-reactive ketones (excluding diaryl/α,β-unsaturated/α-hetero) is 1. The van der Waals surface area contributed by atoms with E-state index in [0.29, 0.717) is 16.1 Å². The van der Waals surface area contributed by atoms with E-state index in [4.69, 9.17) is 11.6 Å². The first-order valence-corrected chi connectivity index (χ1v) is 10.9. The molecular formula is C23H21ClO3S. The van der Waals surface area contributed by atoms with Gasteiger partial charge >= 0.3 is 0 Å². The van der Waals surface area contributed by atoms with Crippen LogP contribution in [0.5, 0.6) is 0 Å². The molecule has 3 aromatic rings. The van der Waals surface area contributed by atoms with Crippen LogP contribution in [0.4, 0.5) is 0 Å². The molecule has 0 heterocycles. The van der Waals surface area contributed by atoms with Crippen LogP contribution < -0.4 is 0 Å². The van der Waals surface area contributed by atoms with Crippen molar-refractivity contribution in [2.24, 2.45) is 0 Å². The molecule has 3 nitrogen and oxygen atoms in total. The zero-order chi connectivity index (χ0) is 20.3. The number of hydrogen-bond donors (Lipinski definition) is 0. The predicted octanol–water partition coefficient (Wildman–Crippen LogP) is 5.74. The van der Waals surface area contributed by atoms with Crippen molar-refractivity contribution in [3.63, 3.8) is 0 Å². The van der Waals surface area contributed by atoms with Gasteiger partial charge in [-0.2, -0.15) is 0 Å². The summed E-state index contributed by atoms with van der Waals surface area (Å²) in [6.45, 7) is 3.82. The van der Waals surface area contributed by atoms with Crippen molar-refractivity contribution in [2.75, 3.05) is 0 Å². The zero-order valence-corrected chi connectivity index (χ0v) is 17.3. The number of hydrogen-bond acceptors (Lipinski definition) is 3. The van der Waals surface area contributed by atoms with E-state index in [0.717, 1.165) is 11.1 Å². The molecule has 0 aromatic heterocycles. The maximum absolute atomic E-state index is 13.4. The Bertz CT molecular complexity index is 1090. The van der Waals surface area contributed by atoms with Gasteiger partial charge in [-0.3, -0.25) is 4.79 Å². The Hall–Kier alpha value is -2.43. The minimum atomic E-state index is -3.81. The molecule has 0 aliphatic heterocycles. The smallest absolute Gasteiger partial charge is 0.185 e. The van der Waals surface area contributed by atoms with Crippen LogP contribution in [0.1, 0.15) is 38.7 Å². The monoisotopic (exact) mass is 412 g/mol. The number of rotatable bonds is 6. The fraction of sp³-hybridized carbons (Fsp3) is 0.174. The quantitative estimate of drug-likeness (QED) is 0.484. The maximum atomic E-state index is 13.4. The second kappa shape index (κ2) is 8.29. The van der Waals surface area contributed by atoms with E-state index in [1.807, 2.05) is 26.0 Å². The molecule has 28 heavy (non-hydrogen) atoms. The minimum absolute atomic E-state index is 0.178. The van der Waals surface area contributed by atoms with E-state index >= 15 is 0 Å². The molecule has 0 bridgehead atoms. The summed E-state index contributed by atoms with van der Waals surface area (Å²) in [7, 11) is -3.81. The molecule has 0 unspecified atom stereocenters. The molecule has 0 saturated heterocycles. The highest BCUT2D eigenvalue weighted by Crippen LogP contribution is 2.36. The fourth-order valence-electron chi connectivity index (χ4n) is 3.04. The number of carbonyl (C=O) groups excluding carboxylic acids is 1. The van der Waals surface area contributed by atoms with Crippen molar-refractivity contribution in [3.8, 4) is 0 Å². The van der Waals surface area contributed by atoms with E-state index in [1.54, 1.807) is 60.7 Å². The maximum Gasteiger partial charge on any atom is 0.185 e. The average molecular weight is 413 g/mol. The van der Waals surface area contributed by atoms with Crippen LogP contribution in [0.3, 0.4) is 0 Å². The normalized spacial score (nSPS) is 12.5. The molecular weight excluding hydrogens is 392 g/mol. The van der Waals surface area contributed by atoms with Crippen LogP contribution in [0.2, 0.25) is 5.02 Å². The summed E-state index contributed by atoms with van der Waals surface area (Å²) in [5, 5.41) is -0.724. The molecule has 0 saturated carbocycles. The van der Waals surface area contributed by atoms with Gasteiger partial charge in [-0.05, 0) is 37.6 Å². The third-order valence-corrected chi connectivity index (χ3v) is 7.16. The number of ketones is 1. The Balaban J connectivity index is 2.05. The van der Waals surface area contributed by atoms with Gasteiger partial charge < -0.3 is 0 Å². The van der Waals surface area contributed by atoms with Gasteiger partial charge in [-0.15, -0.1) is 0 Å². The first-order valence-electron chi connectivity index (χ1n) is 8.94. The summed E-state index contributed by atoms with van der Waals surface area (Å²) in [4.78, 5) is 13.1. The highest BCUT2D eigenvalue weighted by Gasteiger charge is 2.33. The second-order valence-corrected chi connectivity index (χ2v) is 9.40. The Kier molecular flexibility index (Phi) is 6.01. The highest BCUT2D eigenvalue weighted by molar-refractivity contribution is 7.91. The summed E-state index contributed by atoms with van der Waals surface area (Å²) in [6.07, 6.45) is -0.178. The zero-order valence-electron chi connectivity index (χ0n) is 15.7. The van der Waals surface area contributed by atoms with Gasteiger partial charge in [-0.25, -0.2) is 8.42 Å². The van der Waals surface area contributed by atoms with Crippen molar-refractivity contribution in [2.45, 2.75) is 30.4 Å². The lowest BCUT2D eigenvalue weighted by atomic mass is 10.0. The lowest BCUT2D eigenvalue weighted by molar-refractivity contribution is 0.0981. The average Bonchev–Trinajstić information content (AvgIpc) is 2.67. The third-order valence-electron chi connectivity index (χ3n) is 4.72. The molecule has 0 aliphatic carbocycles. The third kappa shape index (κ3) is 4.34. The van der Waals surface area contributed by atoms with Crippen LogP contribution in [0, 0.1) is 13.8 Å². The van der Waals surface area contributed by atoms with E-state index in [1.165, 1.54) is 0 Å². The SMILES string of the molecule is Cc1ccc(C(=O)C[C@@H](c2ccccc2Cl)S(=O)(=O)c2ccc(C)cc2)cc1. The Labute approximate surface area is 170 Å². The highest BCUT2D eigenvalue weighted by atomic mass is 35.5. The number of sulfone groups is 1. The van der Waals surface area contributed by atoms with Crippen LogP contribution >= 0.6 is 11.6 Å². The van der Waals surface area contributed by atoms with E-state index in [-0.39, 0.29) is 17.1 Å². The molecule has 5 heteroatoms. The molecule has 144 valence electrons. The fourth-order valence-corrected chi connectivity index (χ4v) is 5.13. The lowest BCUT2D eigenvalue weighted by Crippen LogP contribution is -2.18. The Morgan fingerprint density at radius 1 is 0.857 bits per heavy atom. The summed E-state index contributed by atoms with van der Waals surface area (Å²) >= 11 is 6.31. The summed E-state index contributed by atoms with van der Waals surface area (Å²) in [6, 6.07) is 20.6. The van der Waals surface area contributed by atoms with Crippen molar-refractivity contribution in [1.29, 1.82) is 0 Å². The summed E-state index contributed by atoms with van der Waals surface area (Å²) in [5.41, 5.74) is 2.92. The lowest BCUT2D eigenvalue weighted by Gasteiger charge is -2.19. The number of halogens is 1. The van der Waals surface area contributed by atoms with Gasteiger partial charge in [0.25, 0.3) is 0 Å². The molecule has 0 radical (unpaired) electrons. The largest absolute Gasteiger partial charge is 0.294 e. The van der Waals surface area contributed by atoms with Gasteiger partial charge in [0, 0.05) is 17.0 Å². The van der Waals surface area contributed by atoms with Crippen molar-refractivity contribution in [1.82, 2.24) is 0 Å². The summed E-state index contributed by atoms with van der Waals surface area (Å²) in [5.74, 6) is -0.236. The van der Waals surface area contributed by atoms with E-state index in [2.05, 4.69) is 0 Å². The first kappa shape index (κ1) is 20.3. The number of benzene rings is 3. The Morgan fingerprint density at radius 3 is 1.96 bits per heavy atom. The molecule has 0 spiro atoms. The summed E-state index contributed by atoms with van der Waals surface area (Å²) < 4.78 is 26.8. The minimum Gasteiger partial charge on any atom is -0.294 e. The molecule has 3 rings (SSSR count). The van der Waals surface area contributed by atoms with Crippen molar-refractivity contribution in [3.05, 3.63) is 100 Å². The van der Waals surface area contributed by atoms with Gasteiger partial charge in [0.05, 0.1) is 10.1 Å². The Morgan fingerprint density at radius 2 is 1.39 bits per heavy atom.